The highest BCUT2D eigenvalue weighted by atomic mass is 35.5. The van der Waals surface area contributed by atoms with Gasteiger partial charge in [0.2, 0.25) is 0 Å². The summed E-state index contributed by atoms with van der Waals surface area (Å²) < 4.78 is 10.9. The molecule has 0 saturated heterocycles. The lowest BCUT2D eigenvalue weighted by Crippen LogP contribution is -2.13. The molecule has 0 saturated carbocycles. The highest BCUT2D eigenvalue weighted by Gasteiger charge is 2.16. The number of hydrogen-bond donors (Lipinski definition) is 2. The van der Waals surface area contributed by atoms with Gasteiger partial charge in [0.05, 0.1) is 22.7 Å². The van der Waals surface area contributed by atoms with Crippen molar-refractivity contribution in [2.45, 2.75) is 13.5 Å². The monoisotopic (exact) mass is 380 g/mol. The predicted octanol–water partition coefficient (Wildman–Crippen LogP) is 3.10. The number of fused-ring (bicyclic) bond motifs is 1. The molecule has 3 rings (SSSR count). The number of carbonyl (C=O) groups excluding carboxylic acids is 1. The maximum atomic E-state index is 12.2. The average molecular weight is 381 g/mol. The zero-order valence-electron chi connectivity index (χ0n) is 13.0. The van der Waals surface area contributed by atoms with Gasteiger partial charge in [-0.2, -0.15) is 0 Å². The molecule has 0 bridgehead atoms. The van der Waals surface area contributed by atoms with Crippen molar-refractivity contribution >= 4 is 39.1 Å². The van der Waals surface area contributed by atoms with E-state index in [1.807, 2.05) is 0 Å². The second kappa shape index (κ2) is 7.12. The molecule has 1 aromatic carbocycles. The van der Waals surface area contributed by atoms with Crippen LogP contribution in [0.15, 0.2) is 28.4 Å². The van der Waals surface area contributed by atoms with Crippen LogP contribution in [0, 0.1) is 0 Å². The summed E-state index contributed by atoms with van der Waals surface area (Å²) in [7, 11) is 0. The van der Waals surface area contributed by atoms with E-state index >= 15 is 0 Å². The van der Waals surface area contributed by atoms with Gasteiger partial charge >= 0.3 is 5.97 Å². The Hall–Kier alpha value is -2.58. The third-order valence-electron chi connectivity index (χ3n) is 3.27. The second-order valence-electron chi connectivity index (χ2n) is 4.96. The van der Waals surface area contributed by atoms with Crippen molar-refractivity contribution in [3.8, 4) is 11.5 Å². The van der Waals surface area contributed by atoms with Crippen LogP contribution in [0.5, 0.6) is 11.5 Å². The van der Waals surface area contributed by atoms with Gasteiger partial charge in [0.15, 0.2) is 11.5 Å². The summed E-state index contributed by atoms with van der Waals surface area (Å²) in [6.07, 6.45) is 0. The zero-order valence-corrected chi connectivity index (χ0v) is 14.6. The van der Waals surface area contributed by atoms with Gasteiger partial charge in [0.25, 0.3) is 5.56 Å². The third-order valence-corrected chi connectivity index (χ3v) is 4.46. The molecular weight excluding hydrogens is 368 g/mol. The van der Waals surface area contributed by atoms with E-state index in [-0.39, 0.29) is 40.1 Å². The van der Waals surface area contributed by atoms with E-state index in [4.69, 9.17) is 21.1 Å². The Morgan fingerprint density at radius 3 is 3.00 bits per heavy atom. The number of H-pyrrole nitrogens is 1. The van der Waals surface area contributed by atoms with E-state index in [1.165, 1.54) is 23.5 Å². The maximum Gasteiger partial charge on any atom is 0.338 e. The Morgan fingerprint density at radius 1 is 1.44 bits per heavy atom. The number of hydrogen-bond acceptors (Lipinski definition) is 7. The smallest absolute Gasteiger partial charge is 0.338 e. The summed E-state index contributed by atoms with van der Waals surface area (Å²) in [5.74, 6) is -0.600. The van der Waals surface area contributed by atoms with Crippen LogP contribution in [0.3, 0.4) is 0 Å². The number of phenols is 1. The number of aromatic amines is 1. The van der Waals surface area contributed by atoms with Crippen molar-refractivity contribution in [3.63, 3.8) is 0 Å². The van der Waals surface area contributed by atoms with Crippen LogP contribution >= 0.6 is 22.9 Å². The van der Waals surface area contributed by atoms with E-state index in [0.29, 0.717) is 16.8 Å². The van der Waals surface area contributed by atoms with Crippen molar-refractivity contribution in [1.82, 2.24) is 9.97 Å². The summed E-state index contributed by atoms with van der Waals surface area (Å²) in [6.45, 7) is 1.83. The van der Waals surface area contributed by atoms with Crippen LogP contribution in [0.1, 0.15) is 23.1 Å². The van der Waals surface area contributed by atoms with E-state index in [0.717, 1.165) is 0 Å². The fourth-order valence-corrected chi connectivity index (χ4v) is 3.10. The summed E-state index contributed by atoms with van der Waals surface area (Å²) in [5.41, 5.74) is 0.383. The Bertz CT molecular complexity index is 998. The molecule has 0 aliphatic carbocycles. The van der Waals surface area contributed by atoms with Gasteiger partial charge in [0.1, 0.15) is 17.1 Å². The average Bonchev–Trinajstić information content (AvgIpc) is 3.06. The Labute approximate surface area is 150 Å². The number of thiophene rings is 1. The van der Waals surface area contributed by atoms with Gasteiger partial charge in [-0.25, -0.2) is 9.78 Å². The number of esters is 1. The Balaban J connectivity index is 1.78. The molecule has 0 radical (unpaired) electrons. The lowest BCUT2D eigenvalue weighted by Gasteiger charge is -2.10. The molecule has 0 amide bonds. The van der Waals surface area contributed by atoms with Crippen LogP contribution < -0.4 is 10.3 Å². The quantitative estimate of drug-likeness (QED) is 0.659. The van der Waals surface area contributed by atoms with Crippen LogP contribution in [-0.2, 0) is 11.3 Å². The first kappa shape index (κ1) is 17.2. The SMILES string of the molecule is CCOc1cc(C(=O)OCc2nc3ccsc3c(=O)[nH]2)cc(Cl)c1O. The first-order valence-corrected chi connectivity index (χ1v) is 8.54. The predicted molar refractivity (Wildman–Crippen MR) is 93.6 cm³/mol. The lowest BCUT2D eigenvalue weighted by atomic mass is 10.2. The maximum absolute atomic E-state index is 12.2. The Morgan fingerprint density at radius 2 is 2.24 bits per heavy atom. The molecule has 25 heavy (non-hydrogen) atoms. The number of ether oxygens (including phenoxy) is 2. The van der Waals surface area contributed by atoms with Crippen molar-refractivity contribution in [1.29, 1.82) is 0 Å². The van der Waals surface area contributed by atoms with Gasteiger partial charge in [-0.1, -0.05) is 11.6 Å². The molecule has 0 atom stereocenters. The molecule has 130 valence electrons. The molecule has 0 aliphatic rings. The molecule has 2 aromatic heterocycles. The molecule has 9 heteroatoms. The zero-order chi connectivity index (χ0) is 18.0. The summed E-state index contributed by atoms with van der Waals surface area (Å²) in [4.78, 5) is 30.9. The number of rotatable bonds is 5. The van der Waals surface area contributed by atoms with E-state index in [1.54, 1.807) is 18.4 Å². The summed E-state index contributed by atoms with van der Waals surface area (Å²) in [6, 6.07) is 4.33. The van der Waals surface area contributed by atoms with Crippen LogP contribution in [0.2, 0.25) is 5.02 Å². The highest BCUT2D eigenvalue weighted by Crippen LogP contribution is 2.35. The number of aromatic hydroxyl groups is 1. The van der Waals surface area contributed by atoms with E-state index in [2.05, 4.69) is 9.97 Å². The van der Waals surface area contributed by atoms with Crippen molar-refractivity contribution < 1.29 is 19.4 Å². The van der Waals surface area contributed by atoms with Crippen LogP contribution in [0.25, 0.3) is 10.2 Å². The van der Waals surface area contributed by atoms with E-state index in [9.17, 15) is 14.7 Å². The van der Waals surface area contributed by atoms with Crippen molar-refractivity contribution in [3.05, 3.63) is 50.3 Å². The number of aromatic nitrogens is 2. The number of phenolic OH excluding ortho intramolecular Hbond substituents is 1. The second-order valence-corrected chi connectivity index (χ2v) is 6.28. The largest absolute Gasteiger partial charge is 0.503 e. The lowest BCUT2D eigenvalue weighted by molar-refractivity contribution is 0.0462. The molecule has 0 fully saturated rings. The van der Waals surface area contributed by atoms with Gasteiger partial charge < -0.3 is 19.6 Å². The first-order valence-electron chi connectivity index (χ1n) is 7.28. The molecule has 2 N–H and O–H groups in total. The number of halogens is 1. The van der Waals surface area contributed by atoms with Crippen molar-refractivity contribution in [2.75, 3.05) is 6.61 Å². The van der Waals surface area contributed by atoms with Crippen LogP contribution in [0.4, 0.5) is 0 Å². The normalized spacial score (nSPS) is 10.8. The third kappa shape index (κ3) is 3.59. The molecule has 0 spiro atoms. The molecule has 3 aromatic rings. The number of benzene rings is 1. The highest BCUT2D eigenvalue weighted by molar-refractivity contribution is 7.17. The Kier molecular flexibility index (Phi) is 4.91. The van der Waals surface area contributed by atoms with Gasteiger partial charge in [0, 0.05) is 0 Å². The molecule has 7 nitrogen and oxygen atoms in total. The molecule has 0 aliphatic heterocycles. The van der Waals surface area contributed by atoms with Gasteiger partial charge in [-0.05, 0) is 30.5 Å². The number of nitrogens with one attached hydrogen (secondary N) is 1. The molecular formula is C16H13ClN2O5S. The van der Waals surface area contributed by atoms with E-state index < -0.39 is 5.97 Å². The molecule has 2 heterocycles. The van der Waals surface area contributed by atoms with Crippen LogP contribution in [-0.4, -0.2) is 27.7 Å². The summed E-state index contributed by atoms with van der Waals surface area (Å²) >= 11 is 7.18. The topological polar surface area (TPSA) is 102 Å². The summed E-state index contributed by atoms with van der Waals surface area (Å²) in [5, 5.41) is 11.5. The fraction of sp³-hybridized carbons (Fsp3) is 0.188. The van der Waals surface area contributed by atoms with Gasteiger partial charge in [-0.3, -0.25) is 4.79 Å². The minimum atomic E-state index is -0.684. The minimum Gasteiger partial charge on any atom is -0.503 e. The van der Waals surface area contributed by atoms with Gasteiger partial charge in [-0.15, -0.1) is 11.3 Å². The minimum absolute atomic E-state index is 0.0240. The standard InChI is InChI=1S/C16H13ClN2O5S/c1-2-23-11-6-8(5-9(17)13(11)20)16(22)24-7-12-18-10-3-4-25-14(10)15(21)19-12/h3-6,20H,2,7H2,1H3,(H,18,19,21). The number of carbonyl (C=O) groups is 1. The molecule has 0 unspecified atom stereocenters. The fourth-order valence-electron chi connectivity index (χ4n) is 2.16. The number of nitrogens with zero attached hydrogens (tertiary/aromatic N) is 1. The van der Waals surface area contributed by atoms with Crippen molar-refractivity contribution in [2.24, 2.45) is 0 Å². The first-order chi connectivity index (χ1) is 12.0.